The zero-order valence-corrected chi connectivity index (χ0v) is 21.6. The van der Waals surface area contributed by atoms with Crippen molar-refractivity contribution in [2.45, 2.75) is 19.8 Å². The summed E-state index contributed by atoms with van der Waals surface area (Å²) in [7, 11) is 0. The molecule has 0 heterocycles. The molecular weight excluding hydrogens is 504 g/mol. The molecule has 0 fully saturated rings. The van der Waals surface area contributed by atoms with Crippen molar-refractivity contribution in [2.75, 3.05) is 13.2 Å². The number of hydrogen-bond acceptors (Lipinski definition) is 6. The highest BCUT2D eigenvalue weighted by Crippen LogP contribution is 2.27. The van der Waals surface area contributed by atoms with E-state index in [0.29, 0.717) is 34.3 Å². The Balaban J connectivity index is 1.40. The normalized spacial score (nSPS) is 10.9. The van der Waals surface area contributed by atoms with Crippen LogP contribution in [-0.2, 0) is 4.79 Å². The van der Waals surface area contributed by atoms with Gasteiger partial charge in [-0.3, -0.25) is 4.79 Å². The Kier molecular flexibility index (Phi) is 9.32. The second-order valence-electron chi connectivity index (χ2n) is 8.35. The van der Waals surface area contributed by atoms with Crippen LogP contribution in [-0.4, -0.2) is 31.3 Å². The first-order chi connectivity index (χ1) is 18.5. The third-order valence-electron chi connectivity index (χ3n) is 5.56. The minimum absolute atomic E-state index is 0.221. The molecule has 4 aromatic rings. The number of fused-ring (bicyclic) bond motifs is 1. The van der Waals surface area contributed by atoms with E-state index >= 15 is 0 Å². The van der Waals surface area contributed by atoms with Gasteiger partial charge >= 0.3 is 5.97 Å². The van der Waals surface area contributed by atoms with Crippen LogP contribution >= 0.6 is 11.6 Å². The Bertz CT molecular complexity index is 1420. The van der Waals surface area contributed by atoms with E-state index in [2.05, 4.69) is 17.5 Å². The van der Waals surface area contributed by atoms with Crippen molar-refractivity contribution in [1.82, 2.24) is 5.43 Å². The largest absolute Gasteiger partial charge is 0.494 e. The van der Waals surface area contributed by atoms with Gasteiger partial charge in [-0.2, -0.15) is 5.10 Å². The number of amides is 1. The number of benzene rings is 4. The van der Waals surface area contributed by atoms with Gasteiger partial charge in [0, 0.05) is 10.6 Å². The molecule has 0 atom stereocenters. The number of unbranched alkanes of at least 4 members (excludes halogenated alkanes) is 1. The number of halogens is 1. The number of nitrogens with zero attached hydrogens (tertiary/aromatic N) is 1. The molecule has 0 aliphatic heterocycles. The molecule has 0 spiro atoms. The lowest BCUT2D eigenvalue weighted by atomic mass is 10.0. The minimum atomic E-state index is -0.536. The molecule has 194 valence electrons. The van der Waals surface area contributed by atoms with Gasteiger partial charge in [-0.1, -0.05) is 55.3 Å². The number of carbonyl (C=O) groups excluding carboxylic acids is 2. The molecular formula is C30H27ClN2O5. The van der Waals surface area contributed by atoms with Crippen LogP contribution in [0.15, 0.2) is 90.0 Å². The molecule has 0 aliphatic carbocycles. The molecule has 7 nitrogen and oxygen atoms in total. The fourth-order valence-corrected chi connectivity index (χ4v) is 3.68. The summed E-state index contributed by atoms with van der Waals surface area (Å²) in [6.07, 6.45) is 3.51. The van der Waals surface area contributed by atoms with E-state index in [-0.39, 0.29) is 6.61 Å². The molecule has 0 aliphatic rings. The molecule has 8 heteroatoms. The highest BCUT2D eigenvalue weighted by atomic mass is 35.5. The van der Waals surface area contributed by atoms with Crippen LogP contribution in [0.5, 0.6) is 17.2 Å². The highest BCUT2D eigenvalue weighted by molar-refractivity contribution is 6.30. The predicted octanol–water partition coefficient (Wildman–Crippen LogP) is 6.42. The average molecular weight is 531 g/mol. The molecule has 0 unspecified atom stereocenters. The van der Waals surface area contributed by atoms with Crippen molar-refractivity contribution in [2.24, 2.45) is 5.10 Å². The summed E-state index contributed by atoms with van der Waals surface area (Å²) in [6, 6.07) is 24.7. The lowest BCUT2D eigenvalue weighted by Crippen LogP contribution is -2.24. The predicted molar refractivity (Wildman–Crippen MR) is 148 cm³/mol. The molecule has 0 saturated heterocycles. The van der Waals surface area contributed by atoms with Crippen molar-refractivity contribution in [3.05, 3.63) is 101 Å². The number of nitrogens with one attached hydrogen (secondary N) is 1. The first-order valence-electron chi connectivity index (χ1n) is 12.2. The lowest BCUT2D eigenvalue weighted by molar-refractivity contribution is -0.123. The van der Waals surface area contributed by atoms with E-state index in [1.807, 2.05) is 30.3 Å². The Labute approximate surface area is 226 Å². The molecule has 0 saturated carbocycles. The van der Waals surface area contributed by atoms with Crippen LogP contribution in [0.25, 0.3) is 10.8 Å². The minimum Gasteiger partial charge on any atom is -0.494 e. The summed E-state index contributed by atoms with van der Waals surface area (Å²) in [4.78, 5) is 25.0. The van der Waals surface area contributed by atoms with Crippen molar-refractivity contribution < 1.29 is 23.8 Å². The molecule has 0 radical (unpaired) electrons. The number of hydrazone groups is 1. The van der Waals surface area contributed by atoms with Gasteiger partial charge in [-0.05, 0) is 71.8 Å². The average Bonchev–Trinajstić information content (AvgIpc) is 2.94. The van der Waals surface area contributed by atoms with Crippen LogP contribution in [0.2, 0.25) is 5.02 Å². The number of carbonyl (C=O) groups is 2. The maximum atomic E-state index is 12.7. The summed E-state index contributed by atoms with van der Waals surface area (Å²) in [5, 5.41) is 6.34. The highest BCUT2D eigenvalue weighted by Gasteiger charge is 2.14. The standard InChI is InChI=1S/C30H27ClN2O5/c1-2-3-18-36-24-13-15-25(16-14-24)37-20-29(34)33-32-19-27-26-7-5-4-6-21(26)10-17-28(27)38-30(35)22-8-11-23(31)12-9-22/h4-17,19H,2-3,18,20H2,1H3,(H,33,34). The van der Waals surface area contributed by atoms with Gasteiger partial charge in [0.25, 0.3) is 5.91 Å². The summed E-state index contributed by atoms with van der Waals surface area (Å²) in [6.45, 7) is 2.55. The number of rotatable bonds is 11. The second kappa shape index (κ2) is 13.3. The summed E-state index contributed by atoms with van der Waals surface area (Å²) < 4.78 is 16.8. The van der Waals surface area contributed by atoms with Crippen LogP contribution in [0.1, 0.15) is 35.7 Å². The Morgan fingerprint density at radius 3 is 2.34 bits per heavy atom. The smallest absolute Gasteiger partial charge is 0.343 e. The first kappa shape index (κ1) is 26.7. The SMILES string of the molecule is CCCCOc1ccc(OCC(=O)NN=Cc2c(OC(=O)c3ccc(Cl)cc3)ccc3ccccc23)cc1. The third-order valence-corrected chi connectivity index (χ3v) is 5.81. The van der Waals surface area contributed by atoms with Gasteiger partial charge in [-0.25, -0.2) is 10.2 Å². The molecule has 1 N–H and O–H groups in total. The Morgan fingerprint density at radius 1 is 0.895 bits per heavy atom. The fourth-order valence-electron chi connectivity index (χ4n) is 3.56. The number of ether oxygens (including phenoxy) is 3. The lowest BCUT2D eigenvalue weighted by Gasteiger charge is -2.11. The molecule has 4 rings (SSSR count). The molecule has 4 aromatic carbocycles. The van der Waals surface area contributed by atoms with Gasteiger partial charge in [0.2, 0.25) is 0 Å². The number of esters is 1. The zero-order chi connectivity index (χ0) is 26.7. The maximum absolute atomic E-state index is 12.7. The van der Waals surface area contributed by atoms with Crippen LogP contribution in [0.4, 0.5) is 0 Å². The Morgan fingerprint density at radius 2 is 1.61 bits per heavy atom. The van der Waals surface area contributed by atoms with E-state index in [1.165, 1.54) is 6.21 Å². The monoisotopic (exact) mass is 530 g/mol. The van der Waals surface area contributed by atoms with Crippen LogP contribution in [0, 0.1) is 0 Å². The second-order valence-corrected chi connectivity index (χ2v) is 8.79. The molecule has 0 aromatic heterocycles. The molecule has 1 amide bonds. The number of hydrogen-bond donors (Lipinski definition) is 1. The van der Waals surface area contributed by atoms with Crippen LogP contribution < -0.4 is 19.6 Å². The van der Waals surface area contributed by atoms with Crippen LogP contribution in [0.3, 0.4) is 0 Å². The van der Waals surface area contributed by atoms with E-state index in [4.69, 9.17) is 25.8 Å². The van der Waals surface area contributed by atoms with Gasteiger partial charge in [0.1, 0.15) is 17.2 Å². The van der Waals surface area contributed by atoms with Crippen molar-refractivity contribution in [3.8, 4) is 17.2 Å². The van der Waals surface area contributed by atoms with Crippen molar-refractivity contribution >= 4 is 40.5 Å². The summed E-state index contributed by atoms with van der Waals surface area (Å²) in [5.74, 6) is 0.620. The maximum Gasteiger partial charge on any atom is 0.343 e. The fraction of sp³-hybridized carbons (Fsp3) is 0.167. The van der Waals surface area contributed by atoms with E-state index in [9.17, 15) is 9.59 Å². The quantitative estimate of drug-likeness (QED) is 0.0794. The first-order valence-corrected chi connectivity index (χ1v) is 12.6. The van der Waals surface area contributed by atoms with E-state index in [1.54, 1.807) is 54.6 Å². The molecule has 0 bridgehead atoms. The van der Waals surface area contributed by atoms with Gasteiger partial charge in [0.15, 0.2) is 6.61 Å². The zero-order valence-electron chi connectivity index (χ0n) is 20.9. The Hall–Kier alpha value is -4.36. The topological polar surface area (TPSA) is 86.2 Å². The van der Waals surface area contributed by atoms with E-state index < -0.39 is 11.9 Å². The molecule has 38 heavy (non-hydrogen) atoms. The third kappa shape index (κ3) is 7.33. The van der Waals surface area contributed by atoms with Gasteiger partial charge < -0.3 is 14.2 Å². The summed E-state index contributed by atoms with van der Waals surface area (Å²) >= 11 is 5.92. The van der Waals surface area contributed by atoms with Crippen molar-refractivity contribution in [3.63, 3.8) is 0 Å². The van der Waals surface area contributed by atoms with Crippen molar-refractivity contribution in [1.29, 1.82) is 0 Å². The van der Waals surface area contributed by atoms with Gasteiger partial charge in [0.05, 0.1) is 18.4 Å². The van der Waals surface area contributed by atoms with Gasteiger partial charge in [-0.15, -0.1) is 0 Å². The summed E-state index contributed by atoms with van der Waals surface area (Å²) in [5.41, 5.74) is 3.36. The van der Waals surface area contributed by atoms with E-state index in [0.717, 1.165) is 29.4 Å².